The van der Waals surface area contributed by atoms with Crippen molar-refractivity contribution < 1.29 is 18.0 Å². The lowest BCUT2D eigenvalue weighted by molar-refractivity contribution is -0.141. The minimum atomic E-state index is -4.53. The summed E-state index contributed by atoms with van der Waals surface area (Å²) in [6.45, 7) is 3.82. The molecule has 166 valence electrons. The number of aromatic nitrogens is 3. The predicted molar refractivity (Wildman–Crippen MR) is 117 cm³/mol. The van der Waals surface area contributed by atoms with Crippen molar-refractivity contribution in [2.24, 2.45) is 0 Å². The number of nitrogens with zero attached hydrogens (tertiary/aromatic N) is 4. The summed E-state index contributed by atoms with van der Waals surface area (Å²) in [5, 5.41) is 17.2. The van der Waals surface area contributed by atoms with E-state index in [1.807, 2.05) is 13.8 Å². The average Bonchev–Trinajstić information content (AvgIpc) is 3.21. The van der Waals surface area contributed by atoms with Gasteiger partial charge in [-0.1, -0.05) is 19.9 Å². The third-order valence-corrected chi connectivity index (χ3v) is 5.16. The van der Waals surface area contributed by atoms with Gasteiger partial charge in [-0.2, -0.15) is 23.5 Å². The Morgan fingerprint density at radius 3 is 2.55 bits per heavy atom. The zero-order valence-electron chi connectivity index (χ0n) is 17.7. The van der Waals surface area contributed by atoms with Crippen LogP contribution in [0.5, 0.6) is 0 Å². The summed E-state index contributed by atoms with van der Waals surface area (Å²) in [6.07, 6.45) is -1.85. The summed E-state index contributed by atoms with van der Waals surface area (Å²) in [5.41, 5.74) is 1.95. The highest BCUT2D eigenvalue weighted by Gasteiger charge is 2.32. The highest BCUT2D eigenvalue weighted by molar-refractivity contribution is 6.06. The molecule has 0 radical (unpaired) electrons. The van der Waals surface area contributed by atoms with Crippen molar-refractivity contribution in [1.29, 1.82) is 5.26 Å². The molecule has 2 aromatic carbocycles. The van der Waals surface area contributed by atoms with E-state index in [0.717, 1.165) is 17.6 Å². The second-order valence-electron chi connectivity index (χ2n) is 7.72. The van der Waals surface area contributed by atoms with Gasteiger partial charge in [0.05, 0.1) is 35.2 Å². The Morgan fingerprint density at radius 2 is 1.91 bits per heavy atom. The number of alkyl halides is 3. The van der Waals surface area contributed by atoms with Crippen molar-refractivity contribution in [2.75, 3.05) is 5.32 Å². The summed E-state index contributed by atoms with van der Waals surface area (Å²) in [6, 6.07) is 14.5. The highest BCUT2D eigenvalue weighted by Crippen LogP contribution is 2.29. The number of nitriles is 1. The number of fused-ring (bicyclic) bond motifs is 1. The molecular formula is C24H18F3N5O. The molecule has 2 heterocycles. The third-order valence-electron chi connectivity index (χ3n) is 5.16. The molecule has 1 amide bonds. The van der Waals surface area contributed by atoms with E-state index in [2.05, 4.69) is 21.5 Å². The lowest BCUT2D eigenvalue weighted by Gasteiger charge is -2.14. The number of hydrogen-bond donors (Lipinski definition) is 1. The molecule has 33 heavy (non-hydrogen) atoms. The molecule has 0 spiro atoms. The normalized spacial score (nSPS) is 11.5. The number of halogens is 3. The summed E-state index contributed by atoms with van der Waals surface area (Å²) in [5.74, 6) is -0.393. The smallest absolute Gasteiger partial charge is 0.322 e. The standard InChI is InChI=1S/C24H18F3N5O/c1-14(2)22-15(11-28)4-3-5-19(22)23(33)31-17-7-6-16-12-30-32(20(16)10-17)18-8-9-21(29-13-18)24(25,26)27/h3-10,12-14H,1-2H3,(H,31,33). The Bertz CT molecular complexity index is 1380. The molecule has 0 aliphatic rings. The number of carbonyl (C=O) groups excluding carboxylic acids is 1. The van der Waals surface area contributed by atoms with Crippen molar-refractivity contribution in [2.45, 2.75) is 25.9 Å². The second kappa shape index (κ2) is 8.39. The monoisotopic (exact) mass is 449 g/mol. The number of amides is 1. The molecule has 0 saturated heterocycles. The number of benzene rings is 2. The summed E-state index contributed by atoms with van der Waals surface area (Å²) < 4.78 is 39.9. The molecule has 0 fully saturated rings. The number of pyridine rings is 1. The van der Waals surface area contributed by atoms with Crippen LogP contribution in [0, 0.1) is 11.3 Å². The van der Waals surface area contributed by atoms with Gasteiger partial charge in [-0.3, -0.25) is 4.79 Å². The van der Waals surface area contributed by atoms with Crippen LogP contribution in [0.3, 0.4) is 0 Å². The van der Waals surface area contributed by atoms with Crippen LogP contribution < -0.4 is 5.32 Å². The Labute approximate surface area is 187 Å². The van der Waals surface area contributed by atoms with E-state index < -0.39 is 11.9 Å². The molecule has 0 saturated carbocycles. The van der Waals surface area contributed by atoms with Crippen LogP contribution in [0.1, 0.15) is 46.9 Å². The first-order valence-electron chi connectivity index (χ1n) is 10.0. The Hall–Kier alpha value is -4.19. The predicted octanol–water partition coefficient (Wildman–Crippen LogP) is 5.69. The van der Waals surface area contributed by atoms with Gasteiger partial charge in [-0.15, -0.1) is 0 Å². The fourth-order valence-corrected chi connectivity index (χ4v) is 3.66. The van der Waals surface area contributed by atoms with E-state index in [4.69, 9.17) is 0 Å². The first-order valence-corrected chi connectivity index (χ1v) is 10.0. The molecule has 0 bridgehead atoms. The Balaban J connectivity index is 1.68. The number of carbonyl (C=O) groups is 1. The van der Waals surface area contributed by atoms with Crippen LogP contribution in [0.15, 0.2) is 60.9 Å². The van der Waals surface area contributed by atoms with Gasteiger partial charge < -0.3 is 5.32 Å². The molecule has 4 rings (SSSR count). The lowest BCUT2D eigenvalue weighted by atomic mass is 9.92. The summed E-state index contributed by atoms with van der Waals surface area (Å²) in [7, 11) is 0. The van der Waals surface area contributed by atoms with Crippen molar-refractivity contribution in [3.63, 3.8) is 0 Å². The molecule has 0 aliphatic heterocycles. The molecule has 0 atom stereocenters. The molecule has 0 unspecified atom stereocenters. The largest absolute Gasteiger partial charge is 0.433 e. The van der Waals surface area contributed by atoms with Crippen LogP contribution in [0.2, 0.25) is 0 Å². The molecule has 9 heteroatoms. The van der Waals surface area contributed by atoms with Gasteiger partial charge in [0.2, 0.25) is 0 Å². The quantitative estimate of drug-likeness (QED) is 0.434. The van der Waals surface area contributed by atoms with Crippen molar-refractivity contribution in [1.82, 2.24) is 14.8 Å². The zero-order valence-corrected chi connectivity index (χ0v) is 17.7. The molecule has 2 aromatic heterocycles. The van der Waals surface area contributed by atoms with E-state index in [1.165, 1.54) is 10.7 Å². The zero-order chi connectivity index (χ0) is 23.8. The molecular weight excluding hydrogens is 431 g/mol. The number of nitrogens with one attached hydrogen (secondary N) is 1. The van der Waals surface area contributed by atoms with Crippen LogP contribution in [0.25, 0.3) is 16.6 Å². The highest BCUT2D eigenvalue weighted by atomic mass is 19.4. The third kappa shape index (κ3) is 4.28. The number of hydrogen-bond acceptors (Lipinski definition) is 4. The Kier molecular flexibility index (Phi) is 5.60. The fourth-order valence-electron chi connectivity index (χ4n) is 3.66. The van der Waals surface area contributed by atoms with Crippen LogP contribution in [0.4, 0.5) is 18.9 Å². The summed E-state index contributed by atoms with van der Waals surface area (Å²) >= 11 is 0. The van der Waals surface area contributed by atoms with E-state index in [-0.39, 0.29) is 11.8 Å². The van der Waals surface area contributed by atoms with E-state index in [0.29, 0.717) is 33.6 Å². The van der Waals surface area contributed by atoms with Crippen LogP contribution in [-0.4, -0.2) is 20.7 Å². The van der Waals surface area contributed by atoms with Crippen LogP contribution >= 0.6 is 0 Å². The maximum atomic E-state index is 13.0. The number of anilines is 1. The fraction of sp³-hybridized carbons (Fsp3) is 0.167. The van der Waals surface area contributed by atoms with Crippen molar-refractivity contribution in [3.8, 4) is 11.8 Å². The summed E-state index contributed by atoms with van der Waals surface area (Å²) in [4.78, 5) is 16.5. The maximum absolute atomic E-state index is 13.0. The second-order valence-corrected chi connectivity index (χ2v) is 7.72. The molecule has 4 aromatic rings. The first kappa shape index (κ1) is 22.0. The SMILES string of the molecule is CC(C)c1c(C#N)cccc1C(=O)Nc1ccc2cnn(-c3ccc(C(F)(F)F)nc3)c2c1. The van der Waals surface area contributed by atoms with E-state index in [1.54, 1.807) is 42.6 Å². The van der Waals surface area contributed by atoms with Crippen molar-refractivity contribution >= 4 is 22.5 Å². The molecule has 0 aliphatic carbocycles. The minimum Gasteiger partial charge on any atom is -0.322 e. The van der Waals surface area contributed by atoms with Gasteiger partial charge in [0, 0.05) is 16.6 Å². The maximum Gasteiger partial charge on any atom is 0.433 e. The number of rotatable bonds is 4. The average molecular weight is 449 g/mol. The lowest BCUT2D eigenvalue weighted by Crippen LogP contribution is -2.16. The van der Waals surface area contributed by atoms with Gasteiger partial charge in [0.25, 0.3) is 5.91 Å². The van der Waals surface area contributed by atoms with Gasteiger partial charge in [-0.05, 0) is 53.9 Å². The van der Waals surface area contributed by atoms with Gasteiger partial charge in [-0.25, -0.2) is 9.67 Å². The Morgan fingerprint density at radius 1 is 1.12 bits per heavy atom. The van der Waals surface area contributed by atoms with E-state index in [9.17, 15) is 23.2 Å². The van der Waals surface area contributed by atoms with Crippen molar-refractivity contribution in [3.05, 3.63) is 83.3 Å². The van der Waals surface area contributed by atoms with Gasteiger partial charge in [0.15, 0.2) is 0 Å². The minimum absolute atomic E-state index is 0.0299. The molecule has 1 N–H and O–H groups in total. The first-order chi connectivity index (χ1) is 15.7. The molecule has 6 nitrogen and oxygen atoms in total. The van der Waals surface area contributed by atoms with Gasteiger partial charge in [0.1, 0.15) is 5.69 Å². The topological polar surface area (TPSA) is 83.6 Å². The van der Waals surface area contributed by atoms with Gasteiger partial charge >= 0.3 is 6.18 Å². The van der Waals surface area contributed by atoms with E-state index >= 15 is 0 Å². The van der Waals surface area contributed by atoms with Crippen LogP contribution in [-0.2, 0) is 6.18 Å².